The van der Waals surface area contributed by atoms with Gasteiger partial charge in [0.25, 0.3) is 0 Å². The van der Waals surface area contributed by atoms with E-state index < -0.39 is 16.1 Å². The van der Waals surface area contributed by atoms with E-state index in [0.29, 0.717) is 29.0 Å². The number of fused-ring (bicyclic) bond motifs is 1. The van der Waals surface area contributed by atoms with Gasteiger partial charge in [0.05, 0.1) is 11.7 Å². The highest BCUT2D eigenvalue weighted by atomic mass is 32.2. The maximum absolute atomic E-state index is 15.0. The van der Waals surface area contributed by atoms with Gasteiger partial charge in [0.2, 0.25) is 5.91 Å². The van der Waals surface area contributed by atoms with Crippen molar-refractivity contribution in [3.63, 3.8) is 0 Å². The van der Waals surface area contributed by atoms with Crippen LogP contribution in [-0.4, -0.2) is 46.4 Å². The van der Waals surface area contributed by atoms with Crippen molar-refractivity contribution in [3.8, 4) is 29.9 Å². The molecule has 0 radical (unpaired) electrons. The maximum Gasteiger partial charge on any atom is 0.239 e. The van der Waals surface area contributed by atoms with Crippen LogP contribution in [0, 0.1) is 35.9 Å². The number of carbonyl (C=O) groups is 1. The van der Waals surface area contributed by atoms with Crippen LogP contribution in [0.4, 0.5) is 4.39 Å². The molecule has 0 bridgehead atoms. The first kappa shape index (κ1) is 22.7. The molecule has 1 aliphatic carbocycles. The molecule has 8 heteroatoms. The summed E-state index contributed by atoms with van der Waals surface area (Å²) in [5.41, 5.74) is 6.68. The third-order valence-electron chi connectivity index (χ3n) is 5.89. The lowest BCUT2D eigenvalue weighted by Gasteiger charge is -2.34. The van der Waals surface area contributed by atoms with Crippen LogP contribution >= 0.6 is 11.8 Å². The van der Waals surface area contributed by atoms with Crippen molar-refractivity contribution in [2.75, 3.05) is 20.7 Å². The lowest BCUT2D eigenvalue weighted by molar-refractivity contribution is -0.129. The molecule has 168 valence electrons. The third-order valence-corrected chi connectivity index (χ3v) is 7.18. The van der Waals surface area contributed by atoms with Gasteiger partial charge in [-0.3, -0.25) is 9.79 Å². The molecule has 2 aromatic rings. The van der Waals surface area contributed by atoms with Crippen LogP contribution in [0.5, 0.6) is 5.75 Å². The zero-order valence-electron chi connectivity index (χ0n) is 18.6. The Morgan fingerprint density at radius 1 is 1.36 bits per heavy atom. The third kappa shape index (κ3) is 4.15. The van der Waals surface area contributed by atoms with E-state index in [1.165, 1.54) is 17.8 Å². The minimum absolute atomic E-state index is 0.0290. The molecule has 1 amide bonds. The molecule has 2 N–H and O–H groups in total. The molecule has 0 spiro atoms. The summed E-state index contributed by atoms with van der Waals surface area (Å²) in [6.07, 6.45) is 7.31. The second-order valence-corrected chi connectivity index (χ2v) is 9.71. The highest BCUT2D eigenvalue weighted by Crippen LogP contribution is 2.66. The lowest BCUT2D eigenvalue weighted by Crippen LogP contribution is -2.43. The summed E-state index contributed by atoms with van der Waals surface area (Å²) in [6, 6.07) is 8.12. The van der Waals surface area contributed by atoms with Crippen molar-refractivity contribution in [2.45, 2.75) is 23.6 Å². The van der Waals surface area contributed by atoms with Gasteiger partial charge >= 0.3 is 0 Å². The van der Waals surface area contributed by atoms with E-state index in [-0.39, 0.29) is 23.6 Å². The van der Waals surface area contributed by atoms with Gasteiger partial charge in [-0.25, -0.2) is 9.37 Å². The quantitative estimate of drug-likeness (QED) is 0.707. The van der Waals surface area contributed by atoms with Gasteiger partial charge in [-0.05, 0) is 49.6 Å². The van der Waals surface area contributed by atoms with Crippen LogP contribution in [0.2, 0.25) is 0 Å². The van der Waals surface area contributed by atoms with Gasteiger partial charge in [-0.15, -0.1) is 6.42 Å². The van der Waals surface area contributed by atoms with Crippen LogP contribution < -0.4 is 10.5 Å². The molecule has 1 saturated carbocycles. The number of aromatic nitrogens is 1. The first-order valence-electron chi connectivity index (χ1n) is 10.3. The second kappa shape index (κ2) is 8.46. The molecule has 6 nitrogen and oxygen atoms in total. The molecule has 0 saturated heterocycles. The summed E-state index contributed by atoms with van der Waals surface area (Å²) in [5.74, 6) is 8.35. The smallest absolute Gasteiger partial charge is 0.239 e. The van der Waals surface area contributed by atoms with Gasteiger partial charge in [0.1, 0.15) is 28.6 Å². The van der Waals surface area contributed by atoms with E-state index in [1.807, 2.05) is 6.92 Å². The molecular weight excluding hydrogens is 439 g/mol. The van der Waals surface area contributed by atoms with Gasteiger partial charge in [0.15, 0.2) is 5.17 Å². The fourth-order valence-corrected chi connectivity index (χ4v) is 5.72. The van der Waals surface area contributed by atoms with Crippen molar-refractivity contribution in [3.05, 3.63) is 59.2 Å². The molecule has 1 fully saturated rings. The zero-order valence-corrected chi connectivity index (χ0v) is 19.4. The Hall–Kier alpha value is -3.49. The van der Waals surface area contributed by atoms with E-state index in [0.717, 1.165) is 0 Å². The number of nitrogens with two attached hydrogens (primary N) is 1. The van der Waals surface area contributed by atoms with Crippen molar-refractivity contribution in [1.29, 1.82) is 0 Å². The number of rotatable bonds is 4. The zero-order chi connectivity index (χ0) is 23.8. The summed E-state index contributed by atoms with van der Waals surface area (Å²) < 4.78 is 19.6. The largest absolute Gasteiger partial charge is 0.479 e. The number of halogens is 1. The number of hydrogen-bond acceptors (Lipinski definition) is 6. The van der Waals surface area contributed by atoms with Gasteiger partial charge in [-0.2, -0.15) is 0 Å². The Kier molecular flexibility index (Phi) is 5.82. The number of terminal acetylenes is 1. The van der Waals surface area contributed by atoms with Crippen LogP contribution in [-0.2, 0) is 10.3 Å². The van der Waals surface area contributed by atoms with E-state index in [1.54, 1.807) is 49.5 Å². The number of pyridine rings is 1. The number of hydrogen-bond donors (Lipinski definition) is 1. The number of carbonyl (C=O) groups excluding carboxylic acids is 1. The minimum atomic E-state index is -0.961. The normalized spacial score (nSPS) is 24.9. The summed E-state index contributed by atoms with van der Waals surface area (Å²) in [7, 11) is 3.43. The molecule has 2 aliphatic rings. The molecule has 2 heterocycles. The van der Waals surface area contributed by atoms with Gasteiger partial charge in [0, 0.05) is 31.1 Å². The summed E-state index contributed by atoms with van der Waals surface area (Å²) in [4.78, 5) is 23.3. The van der Waals surface area contributed by atoms with Crippen LogP contribution in [0.1, 0.15) is 30.2 Å². The fourth-order valence-electron chi connectivity index (χ4n) is 4.22. The van der Waals surface area contributed by atoms with Crippen LogP contribution in [0.15, 0.2) is 41.5 Å². The topological polar surface area (TPSA) is 80.8 Å². The standard InChI is InChI=1S/C25H23FN4O2S/c1-5-12-32-18-10-9-17(28-15-18)8-6-16-7-11-20(26)19(13-16)24(2)21-14-25(21,22(31)30(3)4)33-23(27)29-24/h1,7,9-11,13,15,21H,12,14H2,2-4H3,(H2,27,29)/t21-,24+,25-/m0/s1. The highest BCUT2D eigenvalue weighted by Gasteiger charge is 2.71. The molecule has 1 aromatic carbocycles. The Balaban J connectivity index is 1.64. The number of benzene rings is 1. The van der Waals surface area contributed by atoms with Crippen molar-refractivity contribution >= 4 is 22.8 Å². The summed E-state index contributed by atoms with van der Waals surface area (Å²) in [6.45, 7) is 2.00. The number of ether oxygens (including phenoxy) is 1. The first-order valence-corrected chi connectivity index (χ1v) is 11.1. The Morgan fingerprint density at radius 3 is 2.82 bits per heavy atom. The molecule has 0 unspecified atom stereocenters. The summed E-state index contributed by atoms with van der Waals surface area (Å²) >= 11 is 1.28. The van der Waals surface area contributed by atoms with E-state index in [4.69, 9.17) is 16.9 Å². The van der Waals surface area contributed by atoms with Crippen molar-refractivity contribution < 1.29 is 13.9 Å². The molecule has 3 atom stereocenters. The molecular formula is C25H23FN4O2S. The average Bonchev–Trinajstić information content (AvgIpc) is 3.53. The van der Waals surface area contributed by atoms with Crippen molar-refractivity contribution in [2.24, 2.45) is 16.6 Å². The van der Waals surface area contributed by atoms with Gasteiger partial charge < -0.3 is 15.4 Å². The second-order valence-electron chi connectivity index (χ2n) is 8.36. The maximum atomic E-state index is 15.0. The number of thioether (sulfide) groups is 1. The molecule has 4 rings (SSSR count). The van der Waals surface area contributed by atoms with E-state index in [2.05, 4.69) is 27.7 Å². The number of aliphatic imine (C=N–C) groups is 1. The van der Waals surface area contributed by atoms with Gasteiger partial charge in [-0.1, -0.05) is 23.6 Å². The Morgan fingerprint density at radius 2 is 2.15 bits per heavy atom. The monoisotopic (exact) mass is 462 g/mol. The van der Waals surface area contributed by atoms with Crippen molar-refractivity contribution in [1.82, 2.24) is 9.88 Å². The van der Waals surface area contributed by atoms with E-state index in [9.17, 15) is 4.79 Å². The Bertz CT molecular complexity index is 1240. The predicted octanol–water partition coefficient (Wildman–Crippen LogP) is 2.76. The molecule has 1 aromatic heterocycles. The SMILES string of the molecule is C#CCOc1ccc(C#Cc2ccc(F)c([C@@]3(C)N=C(N)S[C@@]4(C(=O)N(C)C)C[C@H]43)c2)nc1. The Labute approximate surface area is 196 Å². The number of nitrogens with zero attached hydrogens (tertiary/aromatic N) is 3. The molecule has 33 heavy (non-hydrogen) atoms. The highest BCUT2D eigenvalue weighted by molar-refractivity contribution is 8.15. The summed E-state index contributed by atoms with van der Waals surface area (Å²) in [5, 5.41) is 0.286. The lowest BCUT2D eigenvalue weighted by atomic mass is 9.84. The fraction of sp³-hybridized carbons (Fsp3) is 0.320. The predicted molar refractivity (Wildman–Crippen MR) is 127 cm³/mol. The number of amidine groups is 1. The minimum Gasteiger partial charge on any atom is -0.479 e. The van der Waals surface area contributed by atoms with Crippen LogP contribution in [0.3, 0.4) is 0 Å². The van der Waals surface area contributed by atoms with Crippen LogP contribution in [0.25, 0.3) is 0 Å². The number of amides is 1. The average molecular weight is 463 g/mol. The molecule has 1 aliphatic heterocycles. The first-order chi connectivity index (χ1) is 15.7. The van der Waals surface area contributed by atoms with E-state index >= 15 is 4.39 Å².